The molecule has 0 atom stereocenters. The van der Waals surface area contributed by atoms with Gasteiger partial charge in [-0.25, -0.2) is 9.37 Å². The van der Waals surface area contributed by atoms with Crippen molar-refractivity contribution in [3.05, 3.63) is 85.1 Å². The Kier molecular flexibility index (Phi) is 5.89. The third-order valence-electron chi connectivity index (χ3n) is 6.33. The Bertz CT molecular complexity index is 1800. The van der Waals surface area contributed by atoms with Gasteiger partial charge in [0.15, 0.2) is 0 Å². The van der Waals surface area contributed by atoms with E-state index >= 15 is 0 Å². The fraction of sp³-hybridized carbons (Fsp3) is 0.103. The fourth-order valence-electron chi connectivity index (χ4n) is 4.62. The number of amides is 1. The maximum atomic E-state index is 14.6. The molecule has 0 unspecified atom stereocenters. The minimum atomic E-state index is -0.286. The summed E-state index contributed by atoms with van der Waals surface area (Å²) < 4.78 is 14.6. The van der Waals surface area contributed by atoms with Crippen LogP contribution in [0.25, 0.3) is 55.6 Å². The zero-order chi connectivity index (χ0) is 26.2. The molecule has 0 aliphatic carbocycles. The average molecular weight is 506 g/mol. The van der Waals surface area contributed by atoms with Crippen molar-refractivity contribution in [1.82, 2.24) is 30.0 Å². The molecule has 1 amide bonds. The van der Waals surface area contributed by atoms with Gasteiger partial charge in [-0.15, -0.1) is 0 Å². The van der Waals surface area contributed by atoms with E-state index in [-0.39, 0.29) is 18.3 Å². The zero-order valence-electron chi connectivity index (χ0n) is 20.8. The van der Waals surface area contributed by atoms with Crippen molar-refractivity contribution in [2.45, 2.75) is 0 Å². The van der Waals surface area contributed by atoms with Gasteiger partial charge in [-0.1, -0.05) is 24.3 Å². The van der Waals surface area contributed by atoms with Gasteiger partial charge in [0.05, 0.1) is 29.6 Å². The number of carbonyl (C=O) groups excluding carboxylic acids is 1. The van der Waals surface area contributed by atoms with Gasteiger partial charge in [0.25, 0.3) is 0 Å². The first-order valence-corrected chi connectivity index (χ1v) is 12.1. The van der Waals surface area contributed by atoms with Crippen LogP contribution in [0.2, 0.25) is 0 Å². The Morgan fingerprint density at radius 3 is 2.68 bits per heavy atom. The van der Waals surface area contributed by atoms with Crippen molar-refractivity contribution in [1.29, 1.82) is 0 Å². The number of pyridine rings is 2. The number of hydrogen-bond acceptors (Lipinski definition) is 5. The van der Waals surface area contributed by atoms with Gasteiger partial charge in [-0.3, -0.25) is 14.9 Å². The molecule has 0 saturated carbocycles. The number of nitrogens with zero attached hydrogens (tertiary/aromatic N) is 4. The van der Waals surface area contributed by atoms with E-state index in [1.807, 2.05) is 56.6 Å². The molecular weight excluding hydrogens is 481 g/mol. The number of H-pyrrole nitrogens is 2. The summed E-state index contributed by atoms with van der Waals surface area (Å²) in [5.41, 5.74) is 6.71. The molecule has 0 radical (unpaired) electrons. The number of benzene rings is 2. The molecule has 0 aliphatic heterocycles. The third-order valence-corrected chi connectivity index (χ3v) is 6.33. The van der Waals surface area contributed by atoms with E-state index in [0.29, 0.717) is 16.9 Å². The van der Waals surface area contributed by atoms with Gasteiger partial charge in [0, 0.05) is 34.3 Å². The first-order valence-electron chi connectivity index (χ1n) is 12.1. The molecule has 0 aliphatic rings. The highest BCUT2D eigenvalue weighted by molar-refractivity contribution is 6.01. The van der Waals surface area contributed by atoms with E-state index < -0.39 is 0 Å². The summed E-state index contributed by atoms with van der Waals surface area (Å²) in [4.78, 5) is 26.1. The lowest BCUT2D eigenvalue weighted by Gasteiger charge is -2.11. The number of carbonyl (C=O) groups is 1. The molecule has 4 aromatic heterocycles. The predicted octanol–water partition coefficient (Wildman–Crippen LogP) is 5.47. The summed E-state index contributed by atoms with van der Waals surface area (Å²) in [5.74, 6) is -0.393. The monoisotopic (exact) mass is 505 g/mol. The van der Waals surface area contributed by atoms with E-state index in [0.717, 1.165) is 44.4 Å². The molecule has 3 N–H and O–H groups in total. The Balaban J connectivity index is 1.39. The van der Waals surface area contributed by atoms with Crippen LogP contribution in [0.1, 0.15) is 0 Å². The molecule has 188 valence electrons. The second-order valence-corrected chi connectivity index (χ2v) is 9.36. The molecule has 9 heteroatoms. The van der Waals surface area contributed by atoms with Gasteiger partial charge in [-0.2, -0.15) is 5.10 Å². The molecule has 0 fully saturated rings. The molecule has 6 aromatic rings. The highest BCUT2D eigenvalue weighted by Crippen LogP contribution is 2.35. The Morgan fingerprint density at radius 2 is 1.84 bits per heavy atom. The van der Waals surface area contributed by atoms with Gasteiger partial charge in [0.2, 0.25) is 5.91 Å². The Labute approximate surface area is 217 Å². The molecule has 6 rings (SSSR count). The number of fused-ring (bicyclic) bond motifs is 2. The Morgan fingerprint density at radius 1 is 0.974 bits per heavy atom. The van der Waals surface area contributed by atoms with Crippen molar-refractivity contribution in [2.24, 2.45) is 0 Å². The summed E-state index contributed by atoms with van der Waals surface area (Å²) >= 11 is 0. The van der Waals surface area contributed by atoms with Gasteiger partial charge in [-0.05, 0) is 61.6 Å². The lowest BCUT2D eigenvalue weighted by Crippen LogP contribution is -2.27. The molecule has 0 saturated heterocycles. The van der Waals surface area contributed by atoms with Crippen LogP contribution in [0.15, 0.2) is 79.3 Å². The maximum absolute atomic E-state index is 14.6. The zero-order valence-corrected chi connectivity index (χ0v) is 20.8. The first kappa shape index (κ1) is 23.5. The first-order chi connectivity index (χ1) is 18.5. The van der Waals surface area contributed by atoms with Crippen LogP contribution in [0.5, 0.6) is 0 Å². The van der Waals surface area contributed by atoms with Crippen molar-refractivity contribution in [3.63, 3.8) is 0 Å². The van der Waals surface area contributed by atoms with Crippen LogP contribution in [0, 0.1) is 5.82 Å². The summed E-state index contributed by atoms with van der Waals surface area (Å²) in [6.45, 7) is 0.284. The highest BCUT2D eigenvalue weighted by atomic mass is 19.1. The van der Waals surface area contributed by atoms with E-state index in [1.165, 1.54) is 6.07 Å². The van der Waals surface area contributed by atoms with E-state index in [1.54, 1.807) is 35.6 Å². The summed E-state index contributed by atoms with van der Waals surface area (Å²) in [7, 11) is 3.69. The van der Waals surface area contributed by atoms with Crippen LogP contribution in [-0.4, -0.2) is 56.6 Å². The predicted molar refractivity (Wildman–Crippen MR) is 147 cm³/mol. The quantitative estimate of drug-likeness (QED) is 0.278. The second kappa shape index (κ2) is 9.53. The van der Waals surface area contributed by atoms with Crippen molar-refractivity contribution in [2.75, 3.05) is 26.0 Å². The standard InChI is InChI=1S/C29H24FN7O/c1-37(2)16-27(38)33-19-11-18(14-31-15-19)17-7-8-25-23(12-17)28(36-35-25)26-13-22-20(9-10-32-29(22)34-26)21-5-3-4-6-24(21)30/h3-15H,16H2,1-2H3,(H,32,34)(H,33,38)(H,35,36). The van der Waals surface area contributed by atoms with Crippen LogP contribution >= 0.6 is 0 Å². The lowest BCUT2D eigenvalue weighted by molar-refractivity contribution is -0.116. The SMILES string of the molecule is CN(C)CC(=O)Nc1cncc(-c2ccc3[nH]nc(-c4cc5c(-c6ccccc6F)ccnc5[nH]4)c3c2)c1. The van der Waals surface area contributed by atoms with E-state index in [2.05, 4.69) is 30.5 Å². The highest BCUT2D eigenvalue weighted by Gasteiger charge is 2.16. The molecule has 2 aromatic carbocycles. The molecule has 0 spiro atoms. The second-order valence-electron chi connectivity index (χ2n) is 9.36. The van der Waals surface area contributed by atoms with Crippen LogP contribution in [0.3, 0.4) is 0 Å². The summed E-state index contributed by atoms with van der Waals surface area (Å²) in [6.07, 6.45) is 5.06. The van der Waals surface area contributed by atoms with Crippen LogP contribution in [0.4, 0.5) is 10.1 Å². The van der Waals surface area contributed by atoms with E-state index in [9.17, 15) is 9.18 Å². The number of aromatic amines is 2. The molecule has 0 bridgehead atoms. The van der Waals surface area contributed by atoms with Gasteiger partial charge < -0.3 is 15.2 Å². The van der Waals surface area contributed by atoms with Crippen molar-refractivity contribution >= 4 is 33.5 Å². The third kappa shape index (κ3) is 4.39. The largest absolute Gasteiger partial charge is 0.338 e. The number of rotatable bonds is 6. The number of hydrogen-bond donors (Lipinski definition) is 3. The molecule has 4 heterocycles. The summed E-state index contributed by atoms with van der Waals surface area (Å²) in [6, 6.07) is 18.4. The van der Waals surface area contributed by atoms with E-state index in [4.69, 9.17) is 0 Å². The normalized spacial score (nSPS) is 11.5. The molecular formula is C29H24FN7O. The topological polar surface area (TPSA) is 103 Å². The number of halogens is 1. The average Bonchev–Trinajstić information content (AvgIpc) is 3.52. The Hall–Kier alpha value is -4.89. The lowest BCUT2D eigenvalue weighted by atomic mass is 10.0. The number of likely N-dealkylation sites (N-methyl/N-ethyl adjacent to an activating group) is 1. The van der Waals surface area contributed by atoms with Crippen LogP contribution < -0.4 is 5.32 Å². The van der Waals surface area contributed by atoms with Crippen molar-refractivity contribution in [3.8, 4) is 33.6 Å². The summed E-state index contributed by atoms with van der Waals surface area (Å²) in [5, 5.41) is 12.3. The van der Waals surface area contributed by atoms with Crippen molar-refractivity contribution < 1.29 is 9.18 Å². The van der Waals surface area contributed by atoms with Gasteiger partial charge in [0.1, 0.15) is 17.2 Å². The number of anilines is 1. The van der Waals surface area contributed by atoms with Crippen LogP contribution in [-0.2, 0) is 4.79 Å². The van der Waals surface area contributed by atoms with Gasteiger partial charge >= 0.3 is 0 Å². The maximum Gasteiger partial charge on any atom is 0.238 e. The molecule has 38 heavy (non-hydrogen) atoms. The number of nitrogens with one attached hydrogen (secondary N) is 3. The molecule has 8 nitrogen and oxygen atoms in total. The smallest absolute Gasteiger partial charge is 0.238 e. The fourth-order valence-corrected chi connectivity index (χ4v) is 4.62. The number of aromatic nitrogens is 5. The minimum Gasteiger partial charge on any atom is -0.338 e. The minimum absolute atomic E-state index is 0.108.